The summed E-state index contributed by atoms with van der Waals surface area (Å²) in [5.41, 5.74) is 7.82. The molecule has 26 heavy (non-hydrogen) atoms. The molecule has 8 nitrogen and oxygen atoms in total. The van der Waals surface area contributed by atoms with Crippen LogP contribution in [0.2, 0.25) is 0 Å². The maximum atomic E-state index is 11.8. The van der Waals surface area contributed by atoms with Gasteiger partial charge in [-0.3, -0.25) is 9.79 Å². The zero-order valence-electron chi connectivity index (χ0n) is 14.6. The van der Waals surface area contributed by atoms with Gasteiger partial charge in [-0.25, -0.2) is 9.97 Å². The molecular weight excluding hydrogens is 332 g/mol. The van der Waals surface area contributed by atoms with Crippen molar-refractivity contribution < 1.29 is 4.74 Å². The van der Waals surface area contributed by atoms with Crippen molar-refractivity contribution >= 4 is 23.4 Å². The summed E-state index contributed by atoms with van der Waals surface area (Å²) >= 11 is 0. The van der Waals surface area contributed by atoms with Crippen LogP contribution in [0.1, 0.15) is 18.9 Å². The average molecular weight is 354 g/mol. The van der Waals surface area contributed by atoms with Gasteiger partial charge in [0, 0.05) is 54.8 Å². The van der Waals surface area contributed by atoms with E-state index in [-0.39, 0.29) is 11.6 Å². The molecule has 2 aromatic rings. The second kappa shape index (κ2) is 8.39. The van der Waals surface area contributed by atoms with Crippen LogP contribution in [0.5, 0.6) is 0 Å². The molecule has 0 saturated carbocycles. The molecule has 0 bridgehead atoms. The number of aryl methyl sites for hydroxylation is 1. The second-order valence-corrected chi connectivity index (χ2v) is 5.97. The van der Waals surface area contributed by atoms with Gasteiger partial charge in [-0.15, -0.1) is 0 Å². The van der Waals surface area contributed by atoms with Crippen molar-refractivity contribution in [3.05, 3.63) is 52.8 Å². The molecule has 0 spiro atoms. The molecule has 0 amide bonds. The number of anilines is 1. The summed E-state index contributed by atoms with van der Waals surface area (Å²) in [6.07, 6.45) is 9.10. The Kier molecular flexibility index (Phi) is 5.75. The van der Waals surface area contributed by atoms with E-state index in [1.807, 2.05) is 6.92 Å². The van der Waals surface area contributed by atoms with Crippen molar-refractivity contribution in [2.75, 3.05) is 18.5 Å². The summed E-state index contributed by atoms with van der Waals surface area (Å²) in [5, 5.41) is 3.18. The van der Waals surface area contributed by atoms with Crippen LogP contribution in [0.25, 0.3) is 5.57 Å². The van der Waals surface area contributed by atoms with Crippen LogP contribution >= 0.6 is 0 Å². The van der Waals surface area contributed by atoms with Gasteiger partial charge < -0.3 is 20.4 Å². The Morgan fingerprint density at radius 2 is 2.19 bits per heavy atom. The summed E-state index contributed by atoms with van der Waals surface area (Å²) in [7, 11) is 0. The quantitative estimate of drug-likeness (QED) is 0.731. The Bertz CT molecular complexity index is 853. The topological polar surface area (TPSA) is 107 Å². The molecule has 2 aromatic heterocycles. The smallest absolute Gasteiger partial charge is 0.250 e. The highest BCUT2D eigenvalue weighted by molar-refractivity contribution is 6.10. The van der Waals surface area contributed by atoms with Gasteiger partial charge >= 0.3 is 0 Å². The van der Waals surface area contributed by atoms with Gasteiger partial charge in [0.05, 0.1) is 24.9 Å². The molecule has 136 valence electrons. The third kappa shape index (κ3) is 4.34. The number of hydrogen-bond donors (Lipinski definition) is 2. The molecule has 0 unspecified atom stereocenters. The fourth-order valence-electron chi connectivity index (χ4n) is 2.42. The van der Waals surface area contributed by atoms with E-state index in [4.69, 9.17) is 10.5 Å². The number of nitrogens with zero attached hydrogens (tertiary/aromatic N) is 4. The van der Waals surface area contributed by atoms with E-state index in [9.17, 15) is 4.79 Å². The summed E-state index contributed by atoms with van der Waals surface area (Å²) in [5.74, 6) is 0.557. The van der Waals surface area contributed by atoms with Crippen molar-refractivity contribution in [3.8, 4) is 0 Å². The Hall–Kier alpha value is -3.00. The summed E-state index contributed by atoms with van der Waals surface area (Å²) < 4.78 is 6.75. The van der Waals surface area contributed by atoms with Gasteiger partial charge in [-0.05, 0) is 12.5 Å². The minimum absolute atomic E-state index is 0.0336. The van der Waals surface area contributed by atoms with Gasteiger partial charge in [0.25, 0.3) is 5.56 Å². The molecule has 0 atom stereocenters. The van der Waals surface area contributed by atoms with Crippen molar-refractivity contribution in [3.63, 3.8) is 0 Å². The molecule has 0 radical (unpaired) electrons. The lowest BCUT2D eigenvalue weighted by Gasteiger charge is -2.26. The summed E-state index contributed by atoms with van der Waals surface area (Å²) in [6.45, 7) is 4.03. The highest BCUT2D eigenvalue weighted by atomic mass is 16.5. The number of allylic oxidation sites excluding steroid dienone is 1. The summed E-state index contributed by atoms with van der Waals surface area (Å²) in [4.78, 5) is 24.8. The highest BCUT2D eigenvalue weighted by Gasteiger charge is 2.18. The maximum Gasteiger partial charge on any atom is 0.250 e. The molecule has 0 aromatic carbocycles. The maximum absolute atomic E-state index is 11.8. The summed E-state index contributed by atoms with van der Waals surface area (Å²) in [6, 6.07) is 3.47. The molecule has 1 aliphatic heterocycles. The van der Waals surface area contributed by atoms with E-state index in [0.717, 1.165) is 12.0 Å². The number of rotatable bonds is 7. The molecule has 3 N–H and O–H groups in total. The van der Waals surface area contributed by atoms with E-state index in [1.54, 1.807) is 35.4 Å². The van der Waals surface area contributed by atoms with Crippen LogP contribution in [-0.2, 0) is 11.3 Å². The number of pyridine rings is 1. The third-order valence-corrected chi connectivity index (χ3v) is 3.92. The number of ether oxygens (including phenoxy) is 1. The van der Waals surface area contributed by atoms with Gasteiger partial charge in [-0.2, -0.15) is 0 Å². The van der Waals surface area contributed by atoms with E-state index in [1.165, 1.54) is 12.3 Å². The van der Waals surface area contributed by atoms with E-state index in [0.29, 0.717) is 37.0 Å². The Balaban J connectivity index is 1.71. The number of aliphatic imine (C=N–C) groups is 1. The Labute approximate surface area is 151 Å². The number of aromatic nitrogens is 3. The van der Waals surface area contributed by atoms with Gasteiger partial charge in [0.15, 0.2) is 0 Å². The lowest BCUT2D eigenvalue weighted by molar-refractivity contribution is 0.0208. The molecule has 3 heterocycles. The van der Waals surface area contributed by atoms with Crippen molar-refractivity contribution in [2.45, 2.75) is 25.9 Å². The standard InChI is InChI=1S/C18H22N6O2/c1-2-5-24-10-15(3-4-17(24)25)20-7-13(6-19)14-8-21-18(22-9-14)23-16-11-26-12-16/h3-4,6-10,16H,2,5,11-12,19H2,1H3,(H,21,22,23)/b13-6+,20-7?. The van der Waals surface area contributed by atoms with Crippen molar-refractivity contribution in [1.29, 1.82) is 0 Å². The van der Waals surface area contributed by atoms with Crippen LogP contribution in [0.4, 0.5) is 11.6 Å². The first-order chi connectivity index (χ1) is 12.7. The predicted molar refractivity (Wildman–Crippen MR) is 102 cm³/mol. The average Bonchev–Trinajstić information content (AvgIpc) is 2.62. The highest BCUT2D eigenvalue weighted by Crippen LogP contribution is 2.15. The van der Waals surface area contributed by atoms with Crippen LogP contribution in [0, 0.1) is 0 Å². The Morgan fingerprint density at radius 3 is 2.81 bits per heavy atom. The fourth-order valence-corrected chi connectivity index (χ4v) is 2.42. The van der Waals surface area contributed by atoms with E-state index in [2.05, 4.69) is 20.3 Å². The number of nitrogens with one attached hydrogen (secondary N) is 1. The van der Waals surface area contributed by atoms with Gasteiger partial charge in [-0.1, -0.05) is 6.92 Å². The van der Waals surface area contributed by atoms with Crippen LogP contribution in [0.3, 0.4) is 0 Å². The van der Waals surface area contributed by atoms with Crippen LogP contribution in [0.15, 0.2) is 46.7 Å². The lowest BCUT2D eigenvalue weighted by atomic mass is 10.1. The van der Waals surface area contributed by atoms with Crippen molar-refractivity contribution in [1.82, 2.24) is 14.5 Å². The normalized spacial score (nSPS) is 15.2. The molecule has 1 aliphatic rings. The molecule has 1 saturated heterocycles. The Morgan fingerprint density at radius 1 is 1.42 bits per heavy atom. The van der Waals surface area contributed by atoms with Crippen molar-refractivity contribution in [2.24, 2.45) is 10.7 Å². The van der Waals surface area contributed by atoms with Crippen LogP contribution < -0.4 is 16.6 Å². The molecule has 3 rings (SSSR count). The minimum atomic E-state index is -0.0336. The minimum Gasteiger partial charge on any atom is -0.404 e. The molecular formula is C18H22N6O2. The van der Waals surface area contributed by atoms with E-state index < -0.39 is 0 Å². The second-order valence-electron chi connectivity index (χ2n) is 5.97. The molecule has 0 aliphatic carbocycles. The molecule has 8 heteroatoms. The largest absolute Gasteiger partial charge is 0.404 e. The first kappa shape index (κ1) is 17.8. The lowest BCUT2D eigenvalue weighted by Crippen LogP contribution is -2.40. The zero-order valence-corrected chi connectivity index (χ0v) is 14.6. The first-order valence-corrected chi connectivity index (χ1v) is 8.52. The monoisotopic (exact) mass is 354 g/mol. The third-order valence-electron chi connectivity index (χ3n) is 3.92. The van der Waals surface area contributed by atoms with E-state index >= 15 is 0 Å². The zero-order chi connectivity index (χ0) is 18.4. The van der Waals surface area contributed by atoms with Gasteiger partial charge in [0.2, 0.25) is 5.95 Å². The van der Waals surface area contributed by atoms with Crippen LogP contribution in [-0.4, -0.2) is 40.0 Å². The SMILES string of the molecule is CCCn1cc(N=C/C(=C\N)c2cnc(NC3COC3)nc2)ccc1=O. The molecule has 1 fully saturated rings. The fraction of sp³-hybridized carbons (Fsp3) is 0.333. The van der Waals surface area contributed by atoms with Gasteiger partial charge in [0.1, 0.15) is 0 Å². The predicted octanol–water partition coefficient (Wildman–Crippen LogP) is 1.56. The number of hydrogen-bond acceptors (Lipinski definition) is 7. The number of nitrogens with two attached hydrogens (primary N) is 1. The first-order valence-electron chi connectivity index (χ1n) is 8.52.